The molecule has 6 nitrogen and oxygen atoms in total. The predicted octanol–water partition coefficient (Wildman–Crippen LogP) is 2.51. The molecule has 0 saturated carbocycles. The van der Waals surface area contributed by atoms with E-state index in [9.17, 15) is 5.11 Å². The highest BCUT2D eigenvalue weighted by Crippen LogP contribution is 2.43. The number of halogens is 1. The quantitative estimate of drug-likeness (QED) is 0.656. The van der Waals surface area contributed by atoms with Crippen molar-refractivity contribution in [2.75, 3.05) is 6.61 Å². The molecule has 0 amide bonds. The minimum Gasteiger partial charge on any atom is -0.491 e. The molecule has 4 rings (SSSR count). The number of rotatable bonds is 3. The first-order valence-corrected chi connectivity index (χ1v) is 8.59. The van der Waals surface area contributed by atoms with E-state index in [-0.39, 0.29) is 6.61 Å². The topological polar surface area (TPSA) is 70.0 Å². The minimum atomic E-state index is -1.64. The van der Waals surface area contributed by atoms with Gasteiger partial charge >= 0.3 is 0 Å². The summed E-state index contributed by atoms with van der Waals surface area (Å²) < 4.78 is 22.9. The van der Waals surface area contributed by atoms with Gasteiger partial charge in [0, 0.05) is 11.5 Å². The monoisotopic (exact) mass is 375 g/mol. The van der Waals surface area contributed by atoms with Crippen molar-refractivity contribution in [1.82, 2.24) is 4.98 Å². The summed E-state index contributed by atoms with van der Waals surface area (Å²) >= 11 is 5.93. The van der Waals surface area contributed by atoms with Crippen LogP contribution in [0.5, 0.6) is 5.75 Å². The molecule has 1 N–H and O–H groups in total. The second-order valence-electron chi connectivity index (χ2n) is 6.82. The summed E-state index contributed by atoms with van der Waals surface area (Å²) in [5.74, 6) is 2.09. The third kappa shape index (κ3) is 2.92. The highest BCUT2D eigenvalue weighted by molar-refractivity contribution is 6.29. The van der Waals surface area contributed by atoms with E-state index in [2.05, 4.69) is 10.9 Å². The number of terminal acetylenes is 1. The molecule has 4 unspecified atom stereocenters. The summed E-state index contributed by atoms with van der Waals surface area (Å²) in [5.41, 5.74) is -0.934. The Bertz CT molecular complexity index is 895. The summed E-state index contributed by atoms with van der Waals surface area (Å²) in [5, 5.41) is 12.2. The van der Waals surface area contributed by atoms with Gasteiger partial charge in [-0.3, -0.25) is 0 Å². The van der Waals surface area contributed by atoms with Crippen LogP contribution < -0.4 is 4.74 Å². The molecule has 0 aliphatic carbocycles. The zero-order chi connectivity index (χ0) is 18.5. The summed E-state index contributed by atoms with van der Waals surface area (Å²) in [6.07, 6.45) is 3.27. The van der Waals surface area contributed by atoms with Crippen molar-refractivity contribution in [3.63, 3.8) is 0 Å². The van der Waals surface area contributed by atoms with Crippen LogP contribution in [0.4, 0.5) is 0 Å². The Labute approximate surface area is 156 Å². The van der Waals surface area contributed by atoms with Crippen molar-refractivity contribution in [2.45, 2.75) is 43.7 Å². The van der Waals surface area contributed by atoms with Crippen molar-refractivity contribution in [1.29, 1.82) is 0 Å². The minimum absolute atomic E-state index is 0.0346. The average molecular weight is 376 g/mol. The number of aliphatic hydroxyl groups is 1. The van der Waals surface area contributed by atoms with Gasteiger partial charge in [0.05, 0.1) is 5.52 Å². The first-order valence-electron chi connectivity index (χ1n) is 8.21. The Morgan fingerprint density at radius 3 is 2.85 bits per heavy atom. The number of pyridine rings is 1. The van der Waals surface area contributed by atoms with Crippen molar-refractivity contribution in [3.8, 4) is 18.1 Å². The lowest BCUT2D eigenvalue weighted by molar-refractivity contribution is -0.224. The molecule has 7 heteroatoms. The van der Waals surface area contributed by atoms with E-state index in [4.69, 9.17) is 37.0 Å². The van der Waals surface area contributed by atoms with Gasteiger partial charge in [0.25, 0.3) is 0 Å². The average Bonchev–Trinajstić information content (AvgIpc) is 3.04. The van der Waals surface area contributed by atoms with Gasteiger partial charge in [-0.05, 0) is 38.1 Å². The smallest absolute Gasteiger partial charge is 0.191 e. The summed E-state index contributed by atoms with van der Waals surface area (Å²) in [6.45, 7) is 3.52. The Kier molecular flexibility index (Phi) is 4.10. The molecule has 2 fully saturated rings. The van der Waals surface area contributed by atoms with E-state index in [0.717, 1.165) is 5.39 Å². The predicted molar refractivity (Wildman–Crippen MR) is 94.7 cm³/mol. The fraction of sp³-hybridized carbons (Fsp3) is 0.421. The number of hydrogen-bond donors (Lipinski definition) is 1. The molecule has 2 aliphatic rings. The van der Waals surface area contributed by atoms with Crippen LogP contribution in [0.1, 0.15) is 13.8 Å². The second-order valence-corrected chi connectivity index (χ2v) is 7.21. The maximum absolute atomic E-state index is 10.9. The lowest BCUT2D eigenvalue weighted by atomic mass is 9.94. The lowest BCUT2D eigenvalue weighted by Gasteiger charge is -2.29. The van der Waals surface area contributed by atoms with Crippen molar-refractivity contribution < 1.29 is 24.1 Å². The van der Waals surface area contributed by atoms with E-state index < -0.39 is 29.9 Å². The maximum Gasteiger partial charge on any atom is 0.191 e. The number of nitrogens with zero attached hydrogens (tertiary/aromatic N) is 1. The van der Waals surface area contributed by atoms with E-state index in [1.165, 1.54) is 0 Å². The number of benzene rings is 1. The SMILES string of the molecule is C#CC1(O)C(COc2ccc3ccc(Cl)nc3c2)OC2OC(C)(C)OC21. The molecule has 136 valence electrons. The largest absolute Gasteiger partial charge is 0.491 e. The maximum atomic E-state index is 10.9. The zero-order valence-electron chi connectivity index (χ0n) is 14.3. The molecular formula is C19H18ClNO5. The Hall–Kier alpha value is -1.88. The van der Waals surface area contributed by atoms with Crippen molar-refractivity contribution in [2.24, 2.45) is 0 Å². The number of ether oxygens (including phenoxy) is 4. The Morgan fingerprint density at radius 1 is 1.31 bits per heavy atom. The third-order valence-corrected chi connectivity index (χ3v) is 4.75. The van der Waals surface area contributed by atoms with Crippen LogP contribution in [-0.4, -0.2) is 46.6 Å². The van der Waals surface area contributed by atoms with Crippen LogP contribution in [0.25, 0.3) is 10.9 Å². The van der Waals surface area contributed by atoms with Crippen LogP contribution >= 0.6 is 11.6 Å². The highest BCUT2D eigenvalue weighted by atomic mass is 35.5. The number of fused-ring (bicyclic) bond motifs is 2. The fourth-order valence-corrected chi connectivity index (χ4v) is 3.41. The summed E-state index contributed by atoms with van der Waals surface area (Å²) in [7, 11) is 0. The molecule has 0 bridgehead atoms. The first-order chi connectivity index (χ1) is 12.3. The molecule has 2 aliphatic heterocycles. The third-order valence-electron chi connectivity index (χ3n) is 4.54. The van der Waals surface area contributed by atoms with Gasteiger partial charge in [0.2, 0.25) is 0 Å². The molecule has 1 aromatic carbocycles. The van der Waals surface area contributed by atoms with Gasteiger partial charge in [0.1, 0.15) is 23.6 Å². The van der Waals surface area contributed by atoms with E-state index >= 15 is 0 Å². The van der Waals surface area contributed by atoms with Gasteiger partial charge in [-0.2, -0.15) is 0 Å². The molecule has 4 atom stereocenters. The first kappa shape index (κ1) is 17.5. The molecule has 1 aromatic heterocycles. The standard InChI is InChI=1S/C19H18ClNO5/c1-4-19(22)14(24-17-16(19)25-18(2,3)26-17)10-23-12-7-5-11-6-8-15(20)21-13(11)9-12/h1,5-9,14,16-17,22H,10H2,2-3H3. The number of aromatic nitrogens is 1. The lowest BCUT2D eigenvalue weighted by Crippen LogP contribution is -2.49. The zero-order valence-corrected chi connectivity index (χ0v) is 15.1. The van der Waals surface area contributed by atoms with Crippen LogP contribution in [0.2, 0.25) is 5.15 Å². The van der Waals surface area contributed by atoms with Gasteiger partial charge in [-0.15, -0.1) is 6.42 Å². The van der Waals surface area contributed by atoms with Gasteiger partial charge in [0.15, 0.2) is 23.8 Å². The molecule has 3 heterocycles. The van der Waals surface area contributed by atoms with Crippen molar-refractivity contribution in [3.05, 3.63) is 35.5 Å². The summed E-state index contributed by atoms with van der Waals surface area (Å²) in [6, 6.07) is 9.05. The number of hydrogen-bond acceptors (Lipinski definition) is 6. The molecular weight excluding hydrogens is 358 g/mol. The van der Waals surface area contributed by atoms with Crippen LogP contribution in [-0.2, 0) is 14.2 Å². The van der Waals surface area contributed by atoms with Gasteiger partial charge < -0.3 is 24.1 Å². The van der Waals surface area contributed by atoms with E-state index in [1.54, 1.807) is 32.0 Å². The van der Waals surface area contributed by atoms with E-state index in [0.29, 0.717) is 16.4 Å². The van der Waals surface area contributed by atoms with Gasteiger partial charge in [-0.25, -0.2) is 4.98 Å². The normalized spacial score (nSPS) is 32.3. The Morgan fingerprint density at radius 2 is 2.08 bits per heavy atom. The summed E-state index contributed by atoms with van der Waals surface area (Å²) in [4.78, 5) is 4.26. The highest BCUT2D eigenvalue weighted by Gasteiger charge is 2.62. The van der Waals surface area contributed by atoms with Crippen LogP contribution in [0.3, 0.4) is 0 Å². The van der Waals surface area contributed by atoms with Gasteiger partial charge in [-0.1, -0.05) is 17.5 Å². The molecule has 0 spiro atoms. The van der Waals surface area contributed by atoms with E-state index in [1.807, 2.05) is 12.1 Å². The fourth-order valence-electron chi connectivity index (χ4n) is 3.25. The Balaban J connectivity index is 1.51. The van der Waals surface area contributed by atoms with Crippen LogP contribution in [0.15, 0.2) is 30.3 Å². The molecule has 26 heavy (non-hydrogen) atoms. The van der Waals surface area contributed by atoms with Crippen molar-refractivity contribution >= 4 is 22.5 Å². The molecule has 2 aromatic rings. The molecule has 2 saturated heterocycles. The second kappa shape index (κ2) is 6.08. The molecule has 0 radical (unpaired) electrons. The van der Waals surface area contributed by atoms with Crippen LogP contribution in [0, 0.1) is 12.3 Å².